The van der Waals surface area contributed by atoms with Crippen LogP contribution in [0, 0.1) is 20.8 Å². The Balaban J connectivity index is 0.00000161. The third kappa shape index (κ3) is 2.70. The second kappa shape index (κ2) is 5.78. The Bertz CT molecular complexity index is 645. The zero-order chi connectivity index (χ0) is 14.3. The van der Waals surface area contributed by atoms with Gasteiger partial charge in [0.25, 0.3) is 0 Å². The Labute approximate surface area is 144 Å². The molecule has 0 radical (unpaired) electrons. The first-order chi connectivity index (χ1) is 9.50. The third-order valence-corrected chi connectivity index (χ3v) is 3.73. The van der Waals surface area contributed by atoms with Crippen LogP contribution in [0.1, 0.15) is 17.1 Å². The summed E-state index contributed by atoms with van der Waals surface area (Å²) in [6.07, 6.45) is 5.93. The van der Waals surface area contributed by atoms with Crippen molar-refractivity contribution in [1.29, 1.82) is 0 Å². The molecule has 3 aromatic heterocycles. The van der Waals surface area contributed by atoms with Crippen molar-refractivity contribution in [2.24, 2.45) is 0 Å². The molecule has 3 rings (SSSR count). The van der Waals surface area contributed by atoms with Gasteiger partial charge < -0.3 is 13.8 Å². The molecule has 3 heterocycles. The molecule has 106 valence electrons. The summed E-state index contributed by atoms with van der Waals surface area (Å²) < 4.78 is 5.82. The Hall–Kier alpha value is -1.38. The molecule has 0 spiro atoms. The van der Waals surface area contributed by atoms with E-state index in [0.29, 0.717) is 0 Å². The van der Waals surface area contributed by atoms with Crippen LogP contribution in [-0.4, -0.2) is 62.9 Å². The van der Waals surface area contributed by atoms with Crippen molar-refractivity contribution in [3.8, 4) is 0 Å². The Morgan fingerprint density at radius 1 is 0.714 bits per heavy atom. The van der Waals surface area contributed by atoms with E-state index in [1.54, 1.807) is 0 Å². The average Bonchev–Trinajstić information content (AvgIpc) is 3.10. The van der Waals surface area contributed by atoms with Crippen LogP contribution in [-0.2, 0) is 0 Å². The number of hydrogen-bond acceptors (Lipinski definition) is 3. The maximum atomic E-state index is 4.58. The Morgan fingerprint density at radius 2 is 1.00 bits per heavy atom. The van der Waals surface area contributed by atoms with Crippen molar-refractivity contribution >= 4 is 33.8 Å². The fourth-order valence-corrected chi connectivity index (χ4v) is 2.48. The minimum Gasteiger partial charge on any atom is -0.400 e. The van der Waals surface area contributed by atoms with Crippen molar-refractivity contribution in [2.75, 3.05) is 0 Å². The van der Waals surface area contributed by atoms with Gasteiger partial charge in [0.2, 0.25) is 0 Å². The summed E-state index contributed by atoms with van der Waals surface area (Å²) in [5, 5.41) is 13.7. The standard InChI is InChI=1S/C13H18BN6.Tl/c1-11-5-8-18(15-11)14(4,19-9-6-12(2)16-19)20-10-7-13(3)17-20;/h5-10H,1-4H3;/q-1;+1. The average molecular weight is 474 g/mol. The van der Waals surface area contributed by atoms with E-state index in [9.17, 15) is 0 Å². The fourth-order valence-electron chi connectivity index (χ4n) is 2.48. The quantitative estimate of drug-likeness (QED) is 0.540. The third-order valence-electron chi connectivity index (χ3n) is 3.73. The van der Waals surface area contributed by atoms with Gasteiger partial charge in [-0.2, -0.15) is 0 Å². The summed E-state index contributed by atoms with van der Waals surface area (Å²) >= 11 is 0. The van der Waals surface area contributed by atoms with Gasteiger partial charge in [0, 0.05) is 0 Å². The maximum Gasteiger partial charge on any atom is 1.00 e. The molecule has 3 aromatic rings. The molecular formula is C13H18BN6Tl. The van der Waals surface area contributed by atoms with Crippen molar-refractivity contribution in [1.82, 2.24) is 29.1 Å². The summed E-state index contributed by atoms with van der Waals surface area (Å²) in [6.45, 7) is 6.62. The van der Waals surface area contributed by atoms with E-state index in [-0.39, 0.29) is 27.3 Å². The molecular weight excluding hydrogens is 455 g/mol. The van der Waals surface area contributed by atoms with E-state index in [0.717, 1.165) is 17.1 Å². The molecule has 8 heteroatoms. The molecule has 0 atom stereocenters. The first-order valence-corrected chi connectivity index (χ1v) is 6.76. The maximum absolute atomic E-state index is 4.58. The molecule has 0 N–H and O–H groups in total. The summed E-state index contributed by atoms with van der Waals surface area (Å²) in [6, 6.07) is 5.98. The van der Waals surface area contributed by atoms with Gasteiger partial charge in [0.1, 0.15) is 0 Å². The molecule has 0 aliphatic carbocycles. The summed E-state index contributed by atoms with van der Waals surface area (Å²) in [7, 11) is 0. The van der Waals surface area contributed by atoms with Crippen molar-refractivity contribution < 1.29 is 0 Å². The van der Waals surface area contributed by atoms with Gasteiger partial charge in [0.05, 0.1) is 17.1 Å². The van der Waals surface area contributed by atoms with E-state index in [2.05, 4.69) is 22.1 Å². The predicted octanol–water partition coefficient (Wildman–Crippen LogP) is 1.33. The van der Waals surface area contributed by atoms with Crippen LogP contribution in [0.25, 0.3) is 0 Å². The van der Waals surface area contributed by atoms with Crippen LogP contribution < -0.4 is 0 Å². The van der Waals surface area contributed by atoms with Crippen molar-refractivity contribution in [3.63, 3.8) is 0 Å². The SMILES string of the molecule is Cc1ccn([B-](C)(n2ccc(C)n2)n2ccc(C)n2)n1.[Tl+]. The largest absolute Gasteiger partial charge is 1.00 e. The van der Waals surface area contributed by atoms with Crippen LogP contribution in [0.5, 0.6) is 0 Å². The summed E-state index contributed by atoms with van der Waals surface area (Å²) in [4.78, 5) is 0. The van der Waals surface area contributed by atoms with Gasteiger partial charge in [0.15, 0.2) is 0 Å². The smallest absolute Gasteiger partial charge is 0.400 e. The second-order valence-electron chi connectivity index (χ2n) is 5.43. The molecule has 0 saturated heterocycles. The molecule has 0 aromatic carbocycles. The molecule has 0 aliphatic rings. The van der Waals surface area contributed by atoms with Crippen molar-refractivity contribution in [2.45, 2.75) is 27.6 Å². The molecule has 21 heavy (non-hydrogen) atoms. The molecule has 0 bridgehead atoms. The number of hydrogen-bond donors (Lipinski definition) is 0. The fraction of sp³-hybridized carbons (Fsp3) is 0.308. The van der Waals surface area contributed by atoms with Gasteiger partial charge in [-0.3, -0.25) is 0 Å². The zero-order valence-corrected chi connectivity index (χ0v) is 17.3. The Kier molecular flexibility index (Phi) is 4.40. The molecule has 0 amide bonds. The monoisotopic (exact) mass is 474 g/mol. The van der Waals surface area contributed by atoms with Gasteiger partial charge in [-0.1, -0.05) is 0 Å². The summed E-state index contributed by atoms with van der Waals surface area (Å²) in [5.74, 6) is 0. The number of aryl methyl sites for hydroxylation is 3. The Morgan fingerprint density at radius 3 is 1.19 bits per heavy atom. The number of rotatable bonds is 3. The predicted molar refractivity (Wildman–Crippen MR) is 84.5 cm³/mol. The van der Waals surface area contributed by atoms with E-state index in [1.165, 1.54) is 0 Å². The minimum atomic E-state index is -1.43. The van der Waals surface area contributed by atoms with Gasteiger partial charge >= 0.3 is 33.8 Å². The first-order valence-electron chi connectivity index (χ1n) is 6.76. The van der Waals surface area contributed by atoms with Crippen molar-refractivity contribution in [3.05, 3.63) is 53.9 Å². The second-order valence-corrected chi connectivity index (χ2v) is 5.43. The zero-order valence-electron chi connectivity index (χ0n) is 12.8. The van der Waals surface area contributed by atoms with Crippen LogP contribution in [0.3, 0.4) is 0 Å². The van der Waals surface area contributed by atoms with Crippen LogP contribution in [0.2, 0.25) is 6.82 Å². The van der Waals surface area contributed by atoms with Crippen LogP contribution >= 0.6 is 0 Å². The van der Waals surface area contributed by atoms with Crippen LogP contribution in [0.4, 0.5) is 0 Å². The summed E-state index contributed by atoms with van der Waals surface area (Å²) in [5.41, 5.74) is 2.93. The topological polar surface area (TPSA) is 53.5 Å². The molecule has 0 saturated carbocycles. The normalized spacial score (nSPS) is 11.4. The molecule has 0 fully saturated rings. The van der Waals surface area contributed by atoms with E-state index >= 15 is 0 Å². The molecule has 0 aliphatic heterocycles. The van der Waals surface area contributed by atoms with Gasteiger partial charge in [-0.15, -0.1) is 6.82 Å². The number of aromatic nitrogens is 6. The van der Waals surface area contributed by atoms with Gasteiger partial charge in [-0.25, -0.2) is 15.3 Å². The van der Waals surface area contributed by atoms with E-state index in [4.69, 9.17) is 0 Å². The first kappa shape index (κ1) is 16.0. The molecule has 0 unspecified atom stereocenters. The van der Waals surface area contributed by atoms with E-state index < -0.39 is 6.55 Å². The number of nitrogens with zero attached hydrogens (tertiary/aromatic N) is 6. The van der Waals surface area contributed by atoms with Crippen LogP contribution in [0.15, 0.2) is 36.8 Å². The molecule has 6 nitrogen and oxygen atoms in total. The van der Waals surface area contributed by atoms with E-state index in [1.807, 2.05) is 71.3 Å². The van der Waals surface area contributed by atoms with Gasteiger partial charge in [-0.05, 0) is 57.6 Å². The minimum absolute atomic E-state index is 0.